The van der Waals surface area contributed by atoms with Gasteiger partial charge >= 0.3 is 0 Å². The van der Waals surface area contributed by atoms with E-state index in [-0.39, 0.29) is 0 Å². The molecule has 0 fully saturated rings. The average Bonchev–Trinajstić information content (AvgIpc) is 2.07. The van der Waals surface area contributed by atoms with Crippen molar-refractivity contribution in [2.24, 2.45) is 0 Å². The first-order chi connectivity index (χ1) is 6.13. The van der Waals surface area contributed by atoms with Gasteiger partial charge in [0.2, 0.25) is 0 Å². The molecule has 72 valence electrons. The molecule has 0 amide bonds. The van der Waals surface area contributed by atoms with Gasteiger partial charge in [-0.05, 0) is 48.6 Å². The molecular weight excluding hydrogens is 277 g/mol. The van der Waals surface area contributed by atoms with Crippen molar-refractivity contribution in [1.29, 1.82) is 0 Å². The minimum atomic E-state index is 0.449. The Balaban J connectivity index is 2.86. The maximum atomic E-state index is 5.22. The van der Waals surface area contributed by atoms with Gasteiger partial charge in [-0.15, -0.1) is 0 Å². The van der Waals surface area contributed by atoms with Gasteiger partial charge in [-0.1, -0.05) is 0 Å². The molecule has 1 N–H and O–H groups in total. The van der Waals surface area contributed by atoms with E-state index in [0.29, 0.717) is 6.04 Å². The van der Waals surface area contributed by atoms with Crippen LogP contribution in [-0.2, 0) is 0 Å². The van der Waals surface area contributed by atoms with Gasteiger partial charge in [0.25, 0.3) is 0 Å². The second-order valence-corrected chi connectivity index (χ2v) is 4.31. The number of nitrogens with one attached hydrogen (secondary N) is 1. The van der Waals surface area contributed by atoms with Crippen molar-refractivity contribution in [3.8, 4) is 5.75 Å². The molecule has 0 atom stereocenters. The monoisotopic (exact) mass is 291 g/mol. The highest BCUT2D eigenvalue weighted by Crippen LogP contribution is 2.24. The molecule has 0 spiro atoms. The Kier molecular flexibility index (Phi) is 3.84. The van der Waals surface area contributed by atoms with Gasteiger partial charge in [-0.3, -0.25) is 0 Å². The summed E-state index contributed by atoms with van der Waals surface area (Å²) in [6.45, 7) is 4.23. The number of halogens is 1. The standard InChI is InChI=1S/C10H14INO/c1-7(2)12-8-4-5-9(11)10(6-8)13-3/h4-7,12H,1-3H3. The van der Waals surface area contributed by atoms with Crippen LogP contribution in [0.2, 0.25) is 0 Å². The van der Waals surface area contributed by atoms with Gasteiger partial charge < -0.3 is 10.1 Å². The molecule has 1 rings (SSSR count). The van der Waals surface area contributed by atoms with Crippen molar-refractivity contribution < 1.29 is 4.74 Å². The third-order valence-corrected chi connectivity index (χ3v) is 2.50. The van der Waals surface area contributed by atoms with E-state index < -0.39 is 0 Å². The van der Waals surface area contributed by atoms with Crippen molar-refractivity contribution in [3.63, 3.8) is 0 Å². The molecule has 0 saturated heterocycles. The number of ether oxygens (including phenoxy) is 1. The molecule has 0 radical (unpaired) electrons. The van der Waals surface area contributed by atoms with Crippen LogP contribution in [0, 0.1) is 3.57 Å². The highest BCUT2D eigenvalue weighted by Gasteiger charge is 2.01. The summed E-state index contributed by atoms with van der Waals surface area (Å²) in [6.07, 6.45) is 0. The maximum Gasteiger partial charge on any atom is 0.134 e. The van der Waals surface area contributed by atoms with Crippen molar-refractivity contribution in [2.75, 3.05) is 12.4 Å². The Hall–Kier alpha value is -0.450. The second kappa shape index (κ2) is 4.69. The van der Waals surface area contributed by atoms with Crippen LogP contribution in [0.15, 0.2) is 18.2 Å². The van der Waals surface area contributed by atoms with Crippen LogP contribution in [0.1, 0.15) is 13.8 Å². The van der Waals surface area contributed by atoms with Crippen LogP contribution in [0.5, 0.6) is 5.75 Å². The first kappa shape index (κ1) is 10.6. The van der Waals surface area contributed by atoms with Gasteiger partial charge in [-0.2, -0.15) is 0 Å². The molecule has 1 aromatic rings. The predicted octanol–water partition coefficient (Wildman–Crippen LogP) is 3.12. The molecular formula is C10H14INO. The van der Waals surface area contributed by atoms with Crippen molar-refractivity contribution in [1.82, 2.24) is 0 Å². The van der Waals surface area contributed by atoms with Gasteiger partial charge in [-0.25, -0.2) is 0 Å². The number of benzene rings is 1. The summed E-state index contributed by atoms with van der Waals surface area (Å²) in [6, 6.07) is 6.57. The molecule has 0 saturated carbocycles. The molecule has 0 aliphatic heterocycles. The number of methoxy groups -OCH3 is 1. The zero-order valence-electron chi connectivity index (χ0n) is 8.10. The third kappa shape index (κ3) is 3.06. The quantitative estimate of drug-likeness (QED) is 0.864. The molecule has 1 aromatic carbocycles. The van der Waals surface area contributed by atoms with E-state index in [1.54, 1.807) is 7.11 Å². The van der Waals surface area contributed by atoms with E-state index in [9.17, 15) is 0 Å². The summed E-state index contributed by atoms with van der Waals surface area (Å²) in [5, 5.41) is 3.32. The van der Waals surface area contributed by atoms with E-state index in [1.165, 1.54) is 0 Å². The fourth-order valence-corrected chi connectivity index (χ4v) is 1.64. The minimum Gasteiger partial charge on any atom is -0.496 e. The van der Waals surface area contributed by atoms with Crippen LogP contribution in [0.25, 0.3) is 0 Å². The topological polar surface area (TPSA) is 21.3 Å². The minimum absolute atomic E-state index is 0.449. The van der Waals surface area contributed by atoms with Crippen molar-refractivity contribution in [2.45, 2.75) is 19.9 Å². The van der Waals surface area contributed by atoms with Crippen molar-refractivity contribution in [3.05, 3.63) is 21.8 Å². The van der Waals surface area contributed by atoms with E-state index in [0.717, 1.165) is 15.0 Å². The zero-order valence-corrected chi connectivity index (χ0v) is 10.3. The first-order valence-corrected chi connectivity index (χ1v) is 5.31. The lowest BCUT2D eigenvalue weighted by Gasteiger charge is -2.11. The summed E-state index contributed by atoms with van der Waals surface area (Å²) in [5.74, 6) is 0.922. The number of anilines is 1. The predicted molar refractivity (Wildman–Crippen MR) is 64.5 cm³/mol. The Morgan fingerprint density at radius 2 is 2.08 bits per heavy atom. The van der Waals surface area contributed by atoms with Gasteiger partial charge in [0, 0.05) is 17.8 Å². The summed E-state index contributed by atoms with van der Waals surface area (Å²) in [5.41, 5.74) is 1.10. The number of rotatable bonds is 3. The van der Waals surface area contributed by atoms with Crippen LogP contribution in [-0.4, -0.2) is 13.2 Å². The summed E-state index contributed by atoms with van der Waals surface area (Å²) < 4.78 is 6.35. The highest BCUT2D eigenvalue weighted by atomic mass is 127. The Labute approximate surface area is 92.8 Å². The normalized spacial score (nSPS) is 10.2. The fourth-order valence-electron chi connectivity index (χ4n) is 1.08. The Morgan fingerprint density at radius 3 is 2.62 bits per heavy atom. The zero-order chi connectivity index (χ0) is 9.84. The van der Waals surface area contributed by atoms with Gasteiger partial charge in [0.05, 0.1) is 10.7 Å². The number of hydrogen-bond donors (Lipinski definition) is 1. The molecule has 0 aliphatic rings. The molecule has 0 unspecified atom stereocenters. The second-order valence-electron chi connectivity index (χ2n) is 3.15. The Bertz CT molecular complexity index is 286. The molecule has 0 heterocycles. The molecule has 2 nitrogen and oxygen atoms in total. The lowest BCUT2D eigenvalue weighted by Crippen LogP contribution is -2.09. The fraction of sp³-hybridized carbons (Fsp3) is 0.400. The lowest BCUT2D eigenvalue weighted by atomic mass is 10.2. The molecule has 13 heavy (non-hydrogen) atoms. The van der Waals surface area contributed by atoms with Crippen LogP contribution >= 0.6 is 22.6 Å². The molecule has 0 aliphatic carbocycles. The lowest BCUT2D eigenvalue weighted by molar-refractivity contribution is 0.412. The smallest absolute Gasteiger partial charge is 0.134 e. The van der Waals surface area contributed by atoms with Crippen molar-refractivity contribution >= 4 is 28.3 Å². The van der Waals surface area contributed by atoms with E-state index in [1.807, 2.05) is 12.1 Å². The molecule has 0 aromatic heterocycles. The number of hydrogen-bond acceptors (Lipinski definition) is 2. The average molecular weight is 291 g/mol. The van der Waals surface area contributed by atoms with Crippen LogP contribution in [0.3, 0.4) is 0 Å². The molecule has 3 heteroatoms. The summed E-state index contributed by atoms with van der Waals surface area (Å²) >= 11 is 2.26. The van der Waals surface area contributed by atoms with E-state index in [2.05, 4.69) is 47.8 Å². The summed E-state index contributed by atoms with van der Waals surface area (Å²) in [4.78, 5) is 0. The Morgan fingerprint density at radius 1 is 1.38 bits per heavy atom. The molecule has 0 bridgehead atoms. The van der Waals surface area contributed by atoms with Gasteiger partial charge in [0.1, 0.15) is 5.75 Å². The van der Waals surface area contributed by atoms with Crippen LogP contribution in [0.4, 0.5) is 5.69 Å². The van der Waals surface area contributed by atoms with Gasteiger partial charge in [0.15, 0.2) is 0 Å². The van der Waals surface area contributed by atoms with E-state index in [4.69, 9.17) is 4.74 Å². The van der Waals surface area contributed by atoms with E-state index >= 15 is 0 Å². The highest BCUT2D eigenvalue weighted by molar-refractivity contribution is 14.1. The van der Waals surface area contributed by atoms with Crippen LogP contribution < -0.4 is 10.1 Å². The first-order valence-electron chi connectivity index (χ1n) is 4.23. The largest absolute Gasteiger partial charge is 0.496 e. The summed E-state index contributed by atoms with van der Waals surface area (Å²) in [7, 11) is 1.69. The SMILES string of the molecule is COc1cc(NC(C)C)ccc1I. The maximum absolute atomic E-state index is 5.22. The third-order valence-electron chi connectivity index (χ3n) is 1.61.